The minimum atomic E-state index is -0.184. The molecule has 0 radical (unpaired) electrons. The van der Waals surface area contributed by atoms with E-state index >= 15 is 0 Å². The summed E-state index contributed by atoms with van der Waals surface area (Å²) in [6.45, 7) is 3.53. The van der Waals surface area contributed by atoms with Gasteiger partial charge in [0.1, 0.15) is 0 Å². The lowest BCUT2D eigenvalue weighted by atomic mass is 10.00. The number of carbonyl (C=O) groups is 1. The highest BCUT2D eigenvalue weighted by Crippen LogP contribution is 2.38. The van der Waals surface area contributed by atoms with E-state index in [-0.39, 0.29) is 18.1 Å². The number of aliphatic hydroxyl groups is 1. The summed E-state index contributed by atoms with van der Waals surface area (Å²) in [6.07, 6.45) is 3.11. The average molecular weight is 226 g/mol. The molecule has 2 aliphatic rings. The van der Waals surface area contributed by atoms with Gasteiger partial charge >= 0.3 is 0 Å². The molecule has 1 aliphatic heterocycles. The number of fused-ring (bicyclic) bond motifs is 1. The molecule has 3 N–H and O–H groups in total. The molecule has 1 saturated carbocycles. The third-order valence-electron chi connectivity index (χ3n) is 3.99. The van der Waals surface area contributed by atoms with Crippen LogP contribution >= 0.6 is 0 Å². The van der Waals surface area contributed by atoms with Crippen molar-refractivity contribution < 1.29 is 9.90 Å². The standard InChI is InChI=1S/C12H22N2O2/c1-8(13)2-5-12(16)14-6-9-3-4-11(15)10(9)7-14/h8-11,15H,2-7,13H2,1H3. The number of nitrogens with two attached hydrogens (primary N) is 1. The van der Waals surface area contributed by atoms with Gasteiger partial charge in [-0.1, -0.05) is 0 Å². The fourth-order valence-corrected chi connectivity index (χ4v) is 2.95. The van der Waals surface area contributed by atoms with E-state index < -0.39 is 0 Å². The van der Waals surface area contributed by atoms with E-state index in [2.05, 4.69) is 0 Å². The zero-order chi connectivity index (χ0) is 11.7. The van der Waals surface area contributed by atoms with Gasteiger partial charge < -0.3 is 15.7 Å². The molecule has 0 spiro atoms. The Morgan fingerprint density at radius 2 is 2.25 bits per heavy atom. The first-order valence-corrected chi connectivity index (χ1v) is 6.29. The number of nitrogens with zero attached hydrogens (tertiary/aromatic N) is 1. The summed E-state index contributed by atoms with van der Waals surface area (Å²) in [6, 6.07) is 0.0941. The van der Waals surface area contributed by atoms with E-state index in [1.54, 1.807) is 0 Å². The molecule has 0 aromatic carbocycles. The van der Waals surface area contributed by atoms with Gasteiger partial charge in [-0.2, -0.15) is 0 Å². The van der Waals surface area contributed by atoms with Crippen LogP contribution in [0.1, 0.15) is 32.6 Å². The Morgan fingerprint density at radius 1 is 1.50 bits per heavy atom. The van der Waals surface area contributed by atoms with Crippen LogP contribution in [0.25, 0.3) is 0 Å². The minimum Gasteiger partial charge on any atom is -0.393 e. The van der Waals surface area contributed by atoms with Gasteiger partial charge in [-0.3, -0.25) is 4.79 Å². The highest BCUT2D eigenvalue weighted by molar-refractivity contribution is 5.76. The third-order valence-corrected chi connectivity index (χ3v) is 3.99. The van der Waals surface area contributed by atoms with E-state index in [0.29, 0.717) is 18.3 Å². The molecule has 2 fully saturated rings. The third kappa shape index (κ3) is 2.38. The fraction of sp³-hybridized carbons (Fsp3) is 0.917. The van der Waals surface area contributed by atoms with Crippen LogP contribution < -0.4 is 5.73 Å². The monoisotopic (exact) mass is 226 g/mol. The predicted molar refractivity (Wildman–Crippen MR) is 61.7 cm³/mol. The summed E-state index contributed by atoms with van der Waals surface area (Å²) in [5.41, 5.74) is 5.64. The zero-order valence-corrected chi connectivity index (χ0v) is 9.93. The Morgan fingerprint density at radius 3 is 2.88 bits per heavy atom. The second-order valence-corrected chi connectivity index (χ2v) is 5.38. The first kappa shape index (κ1) is 11.9. The number of aliphatic hydroxyl groups excluding tert-OH is 1. The number of amides is 1. The lowest BCUT2D eigenvalue weighted by Crippen LogP contribution is -2.32. The number of carbonyl (C=O) groups excluding carboxylic acids is 1. The van der Waals surface area contributed by atoms with Crippen molar-refractivity contribution in [1.29, 1.82) is 0 Å². The summed E-state index contributed by atoms with van der Waals surface area (Å²) < 4.78 is 0. The van der Waals surface area contributed by atoms with Crippen molar-refractivity contribution in [3.05, 3.63) is 0 Å². The average Bonchev–Trinajstić information content (AvgIpc) is 2.78. The van der Waals surface area contributed by atoms with Crippen molar-refractivity contribution in [3.8, 4) is 0 Å². The fourth-order valence-electron chi connectivity index (χ4n) is 2.95. The van der Waals surface area contributed by atoms with Gasteiger partial charge in [0.15, 0.2) is 0 Å². The van der Waals surface area contributed by atoms with Crippen LogP contribution in [0.5, 0.6) is 0 Å². The molecule has 2 rings (SSSR count). The highest BCUT2D eigenvalue weighted by atomic mass is 16.3. The molecule has 1 aliphatic carbocycles. The van der Waals surface area contributed by atoms with Gasteiger partial charge in [0, 0.05) is 31.5 Å². The van der Waals surface area contributed by atoms with Crippen molar-refractivity contribution in [3.63, 3.8) is 0 Å². The Balaban J connectivity index is 1.82. The van der Waals surface area contributed by atoms with Gasteiger partial charge in [0.05, 0.1) is 6.10 Å². The second kappa shape index (κ2) is 4.72. The molecule has 1 heterocycles. The molecule has 4 unspecified atom stereocenters. The van der Waals surface area contributed by atoms with Gasteiger partial charge in [-0.05, 0) is 32.1 Å². The van der Waals surface area contributed by atoms with Crippen molar-refractivity contribution >= 4 is 5.91 Å². The summed E-state index contributed by atoms with van der Waals surface area (Å²) in [4.78, 5) is 13.8. The van der Waals surface area contributed by atoms with Crippen molar-refractivity contribution in [2.45, 2.75) is 44.8 Å². The van der Waals surface area contributed by atoms with E-state index in [4.69, 9.17) is 5.73 Å². The number of likely N-dealkylation sites (tertiary alicyclic amines) is 1. The molecule has 0 aromatic heterocycles. The zero-order valence-electron chi connectivity index (χ0n) is 9.93. The Labute approximate surface area is 96.8 Å². The maximum absolute atomic E-state index is 11.9. The molecular weight excluding hydrogens is 204 g/mol. The smallest absolute Gasteiger partial charge is 0.222 e. The molecule has 4 nitrogen and oxygen atoms in total. The quantitative estimate of drug-likeness (QED) is 0.729. The number of hydrogen-bond donors (Lipinski definition) is 2. The Kier molecular flexibility index (Phi) is 3.50. The molecule has 0 bridgehead atoms. The van der Waals surface area contributed by atoms with Crippen molar-refractivity contribution in [2.75, 3.05) is 13.1 Å². The maximum atomic E-state index is 11.9. The van der Waals surface area contributed by atoms with Crippen LogP contribution in [0, 0.1) is 11.8 Å². The molecule has 0 aromatic rings. The van der Waals surface area contributed by atoms with E-state index in [1.165, 1.54) is 0 Å². The normalized spacial score (nSPS) is 35.2. The van der Waals surface area contributed by atoms with Gasteiger partial charge in [0.2, 0.25) is 5.91 Å². The van der Waals surface area contributed by atoms with E-state index in [0.717, 1.165) is 32.4 Å². The topological polar surface area (TPSA) is 66.6 Å². The molecule has 92 valence electrons. The number of hydrogen-bond acceptors (Lipinski definition) is 3. The van der Waals surface area contributed by atoms with Crippen LogP contribution in [0.4, 0.5) is 0 Å². The minimum absolute atomic E-state index is 0.0941. The van der Waals surface area contributed by atoms with E-state index in [1.807, 2.05) is 11.8 Å². The first-order valence-electron chi connectivity index (χ1n) is 6.29. The molecule has 4 heteroatoms. The second-order valence-electron chi connectivity index (χ2n) is 5.38. The number of rotatable bonds is 3. The van der Waals surface area contributed by atoms with E-state index in [9.17, 15) is 9.90 Å². The molecule has 1 amide bonds. The summed E-state index contributed by atoms with van der Waals surface area (Å²) in [5.74, 6) is 1.08. The summed E-state index contributed by atoms with van der Waals surface area (Å²) >= 11 is 0. The van der Waals surface area contributed by atoms with Crippen LogP contribution in [0.15, 0.2) is 0 Å². The van der Waals surface area contributed by atoms with Gasteiger partial charge in [0.25, 0.3) is 0 Å². The van der Waals surface area contributed by atoms with Crippen LogP contribution in [0.3, 0.4) is 0 Å². The van der Waals surface area contributed by atoms with Crippen LogP contribution in [-0.4, -0.2) is 41.1 Å². The van der Waals surface area contributed by atoms with Crippen LogP contribution in [-0.2, 0) is 4.79 Å². The Hall–Kier alpha value is -0.610. The SMILES string of the molecule is CC(N)CCC(=O)N1CC2CCC(O)C2C1. The van der Waals surface area contributed by atoms with Gasteiger partial charge in [-0.15, -0.1) is 0 Å². The molecular formula is C12H22N2O2. The predicted octanol–water partition coefficient (Wildman–Crippen LogP) is 0.343. The van der Waals surface area contributed by atoms with Crippen molar-refractivity contribution in [2.24, 2.45) is 17.6 Å². The lowest BCUT2D eigenvalue weighted by molar-refractivity contribution is -0.130. The molecule has 1 saturated heterocycles. The highest BCUT2D eigenvalue weighted by Gasteiger charge is 2.42. The maximum Gasteiger partial charge on any atom is 0.222 e. The summed E-state index contributed by atoms with van der Waals surface area (Å²) in [7, 11) is 0. The molecule has 16 heavy (non-hydrogen) atoms. The van der Waals surface area contributed by atoms with Crippen LogP contribution in [0.2, 0.25) is 0 Å². The molecule has 4 atom stereocenters. The Bertz CT molecular complexity index is 268. The van der Waals surface area contributed by atoms with Gasteiger partial charge in [-0.25, -0.2) is 0 Å². The first-order chi connectivity index (χ1) is 7.58. The lowest BCUT2D eigenvalue weighted by Gasteiger charge is -2.18. The largest absolute Gasteiger partial charge is 0.393 e. The summed E-state index contributed by atoms with van der Waals surface area (Å²) in [5, 5.41) is 9.76. The van der Waals surface area contributed by atoms with Crippen molar-refractivity contribution in [1.82, 2.24) is 4.90 Å².